The smallest absolute Gasteiger partial charge is 0.0693 e. The predicted octanol–water partition coefficient (Wildman–Crippen LogP) is 4.48. The minimum Gasteiger partial charge on any atom is -0.390 e. The SMILES string of the molecule is CC1(C)CCC(O)(Cc2cc(Cl)ccc2Cl)C1. The highest BCUT2D eigenvalue weighted by Crippen LogP contribution is 2.45. The summed E-state index contributed by atoms with van der Waals surface area (Å²) in [6, 6.07) is 5.42. The van der Waals surface area contributed by atoms with Gasteiger partial charge in [-0.1, -0.05) is 37.0 Å². The molecule has 1 aliphatic rings. The molecule has 0 spiro atoms. The van der Waals surface area contributed by atoms with Crippen LogP contribution in [0, 0.1) is 5.41 Å². The third-order valence-corrected chi connectivity index (χ3v) is 4.21. The summed E-state index contributed by atoms with van der Waals surface area (Å²) in [4.78, 5) is 0. The quantitative estimate of drug-likeness (QED) is 0.842. The molecule has 1 nitrogen and oxygen atoms in total. The first kappa shape index (κ1) is 13.2. The zero-order valence-electron chi connectivity index (χ0n) is 10.3. The van der Waals surface area contributed by atoms with E-state index in [-0.39, 0.29) is 5.41 Å². The van der Waals surface area contributed by atoms with Crippen molar-refractivity contribution in [1.82, 2.24) is 0 Å². The number of aliphatic hydroxyl groups is 1. The number of hydrogen-bond acceptors (Lipinski definition) is 1. The van der Waals surface area contributed by atoms with Crippen LogP contribution in [0.3, 0.4) is 0 Å². The third-order valence-electron chi connectivity index (χ3n) is 3.60. The average Bonchev–Trinajstić information content (AvgIpc) is 2.47. The molecule has 17 heavy (non-hydrogen) atoms. The van der Waals surface area contributed by atoms with Crippen LogP contribution in [-0.2, 0) is 6.42 Å². The first-order chi connectivity index (χ1) is 7.80. The normalized spacial score (nSPS) is 27.4. The van der Waals surface area contributed by atoms with E-state index in [1.165, 1.54) is 0 Å². The fraction of sp³-hybridized carbons (Fsp3) is 0.571. The Morgan fingerprint density at radius 3 is 2.53 bits per heavy atom. The van der Waals surface area contributed by atoms with Crippen molar-refractivity contribution < 1.29 is 5.11 Å². The monoisotopic (exact) mass is 272 g/mol. The van der Waals surface area contributed by atoms with Gasteiger partial charge in [0, 0.05) is 16.5 Å². The van der Waals surface area contributed by atoms with Crippen molar-refractivity contribution in [1.29, 1.82) is 0 Å². The summed E-state index contributed by atoms with van der Waals surface area (Å²) in [7, 11) is 0. The molecule has 1 atom stereocenters. The summed E-state index contributed by atoms with van der Waals surface area (Å²) < 4.78 is 0. The molecule has 2 rings (SSSR count). The van der Waals surface area contributed by atoms with Crippen molar-refractivity contribution in [2.24, 2.45) is 5.41 Å². The number of rotatable bonds is 2. The fourth-order valence-corrected chi connectivity index (χ4v) is 3.20. The Kier molecular flexibility index (Phi) is 3.46. The molecule has 1 fully saturated rings. The second-order valence-electron chi connectivity index (χ2n) is 5.98. The molecule has 1 aromatic rings. The molecule has 1 aliphatic carbocycles. The Morgan fingerprint density at radius 1 is 1.24 bits per heavy atom. The van der Waals surface area contributed by atoms with Crippen LogP contribution in [0.1, 0.15) is 38.7 Å². The lowest BCUT2D eigenvalue weighted by atomic mass is 9.86. The lowest BCUT2D eigenvalue weighted by Crippen LogP contribution is -2.29. The second-order valence-corrected chi connectivity index (χ2v) is 6.82. The van der Waals surface area contributed by atoms with E-state index >= 15 is 0 Å². The molecule has 0 saturated heterocycles. The van der Waals surface area contributed by atoms with Gasteiger partial charge in [-0.25, -0.2) is 0 Å². The minimum atomic E-state index is -0.627. The standard InChI is InChI=1S/C14H18Cl2O/c1-13(2)5-6-14(17,9-13)8-10-7-11(15)3-4-12(10)16/h3-4,7,17H,5-6,8-9H2,1-2H3. The Bertz CT molecular complexity index is 428. The van der Waals surface area contributed by atoms with Crippen LogP contribution < -0.4 is 0 Å². The van der Waals surface area contributed by atoms with Gasteiger partial charge in [0.15, 0.2) is 0 Å². The highest BCUT2D eigenvalue weighted by atomic mass is 35.5. The Hall–Kier alpha value is -0.240. The average molecular weight is 273 g/mol. The van der Waals surface area contributed by atoms with Crippen LogP contribution in [0.4, 0.5) is 0 Å². The first-order valence-corrected chi connectivity index (χ1v) is 6.72. The topological polar surface area (TPSA) is 20.2 Å². The van der Waals surface area contributed by atoms with E-state index < -0.39 is 5.60 Å². The van der Waals surface area contributed by atoms with Crippen LogP contribution in [-0.4, -0.2) is 10.7 Å². The van der Waals surface area contributed by atoms with Gasteiger partial charge in [-0.3, -0.25) is 0 Å². The summed E-state index contributed by atoms with van der Waals surface area (Å²) in [5.41, 5.74) is 0.539. The van der Waals surface area contributed by atoms with Gasteiger partial charge in [-0.2, -0.15) is 0 Å². The number of halogens is 2. The molecule has 94 valence electrons. The van der Waals surface area contributed by atoms with Crippen LogP contribution >= 0.6 is 23.2 Å². The lowest BCUT2D eigenvalue weighted by Gasteiger charge is -2.25. The lowest BCUT2D eigenvalue weighted by molar-refractivity contribution is 0.0379. The molecule has 1 unspecified atom stereocenters. The third kappa shape index (κ3) is 3.15. The molecule has 1 saturated carbocycles. The van der Waals surface area contributed by atoms with Crippen LogP contribution in [0.2, 0.25) is 10.0 Å². The Morgan fingerprint density at radius 2 is 1.94 bits per heavy atom. The molecular formula is C14H18Cl2O. The molecule has 1 aromatic carbocycles. The highest BCUT2D eigenvalue weighted by Gasteiger charge is 2.41. The van der Waals surface area contributed by atoms with E-state index in [9.17, 15) is 5.11 Å². The summed E-state index contributed by atoms with van der Waals surface area (Å²) in [5.74, 6) is 0. The zero-order chi connectivity index (χ0) is 12.7. The second kappa shape index (κ2) is 4.46. The van der Waals surface area contributed by atoms with Gasteiger partial charge in [-0.05, 0) is 48.4 Å². The number of benzene rings is 1. The van der Waals surface area contributed by atoms with Gasteiger partial charge in [-0.15, -0.1) is 0 Å². The van der Waals surface area contributed by atoms with E-state index in [1.54, 1.807) is 12.1 Å². The van der Waals surface area contributed by atoms with Crippen molar-refractivity contribution in [3.63, 3.8) is 0 Å². The van der Waals surface area contributed by atoms with Crippen molar-refractivity contribution in [2.75, 3.05) is 0 Å². The van der Waals surface area contributed by atoms with Crippen molar-refractivity contribution in [3.05, 3.63) is 33.8 Å². The maximum absolute atomic E-state index is 10.6. The van der Waals surface area contributed by atoms with Crippen LogP contribution in [0.5, 0.6) is 0 Å². The summed E-state index contributed by atoms with van der Waals surface area (Å²) in [5, 5.41) is 12.0. The highest BCUT2D eigenvalue weighted by molar-refractivity contribution is 6.33. The molecule has 0 amide bonds. The van der Waals surface area contributed by atoms with Crippen molar-refractivity contribution in [3.8, 4) is 0 Å². The molecule has 0 aliphatic heterocycles. The van der Waals surface area contributed by atoms with E-state index in [0.717, 1.165) is 24.8 Å². The van der Waals surface area contributed by atoms with Crippen molar-refractivity contribution >= 4 is 23.2 Å². The van der Waals surface area contributed by atoms with Gasteiger partial charge in [0.25, 0.3) is 0 Å². The zero-order valence-corrected chi connectivity index (χ0v) is 11.8. The van der Waals surface area contributed by atoms with Crippen molar-refractivity contribution in [2.45, 2.75) is 45.1 Å². The molecule has 0 bridgehead atoms. The number of hydrogen-bond donors (Lipinski definition) is 1. The molecule has 1 N–H and O–H groups in total. The summed E-state index contributed by atoms with van der Waals surface area (Å²) >= 11 is 12.1. The van der Waals surface area contributed by atoms with E-state index in [2.05, 4.69) is 13.8 Å². The maximum Gasteiger partial charge on any atom is 0.0693 e. The van der Waals surface area contributed by atoms with Gasteiger partial charge < -0.3 is 5.11 Å². The molecule has 0 heterocycles. The predicted molar refractivity (Wildman–Crippen MR) is 72.7 cm³/mol. The minimum absolute atomic E-state index is 0.222. The molecular weight excluding hydrogens is 255 g/mol. The summed E-state index contributed by atoms with van der Waals surface area (Å²) in [6.07, 6.45) is 3.31. The Labute approximate surface area is 113 Å². The first-order valence-electron chi connectivity index (χ1n) is 5.96. The molecule has 0 aromatic heterocycles. The summed E-state index contributed by atoms with van der Waals surface area (Å²) in [6.45, 7) is 4.40. The molecule has 3 heteroatoms. The molecule has 0 radical (unpaired) electrons. The van der Waals surface area contributed by atoms with Crippen LogP contribution in [0.15, 0.2) is 18.2 Å². The van der Waals surface area contributed by atoms with Gasteiger partial charge in [0.2, 0.25) is 0 Å². The van der Waals surface area contributed by atoms with E-state index in [4.69, 9.17) is 23.2 Å². The Balaban J connectivity index is 2.18. The largest absolute Gasteiger partial charge is 0.390 e. The maximum atomic E-state index is 10.6. The fourth-order valence-electron chi connectivity index (χ4n) is 2.82. The van der Waals surface area contributed by atoms with E-state index in [1.807, 2.05) is 6.07 Å². The van der Waals surface area contributed by atoms with E-state index in [0.29, 0.717) is 16.5 Å². The van der Waals surface area contributed by atoms with Gasteiger partial charge in [0.05, 0.1) is 5.60 Å². The van der Waals surface area contributed by atoms with Gasteiger partial charge in [0.1, 0.15) is 0 Å². The van der Waals surface area contributed by atoms with Crippen LogP contribution in [0.25, 0.3) is 0 Å². The van der Waals surface area contributed by atoms with Gasteiger partial charge >= 0.3 is 0 Å².